The van der Waals surface area contributed by atoms with E-state index in [0.717, 1.165) is 49.0 Å². The molecule has 0 radical (unpaired) electrons. The minimum atomic E-state index is -0.342. The molecule has 1 amide bonds. The van der Waals surface area contributed by atoms with Crippen molar-refractivity contribution < 1.29 is 9.21 Å². The third-order valence-electron chi connectivity index (χ3n) is 4.76. The summed E-state index contributed by atoms with van der Waals surface area (Å²) >= 11 is 0. The number of furan rings is 1. The van der Waals surface area contributed by atoms with Gasteiger partial charge in [0.1, 0.15) is 12.1 Å². The van der Waals surface area contributed by atoms with Gasteiger partial charge in [0.05, 0.1) is 11.7 Å². The van der Waals surface area contributed by atoms with Crippen molar-refractivity contribution in [1.29, 1.82) is 0 Å². The Morgan fingerprint density at radius 2 is 2.00 bits per heavy atom. The van der Waals surface area contributed by atoms with Gasteiger partial charge in [-0.1, -0.05) is 0 Å². The van der Waals surface area contributed by atoms with E-state index in [-0.39, 0.29) is 23.6 Å². The number of rotatable bonds is 2. The van der Waals surface area contributed by atoms with Gasteiger partial charge in [0.2, 0.25) is 17.2 Å². The Bertz CT molecular complexity index is 1030. The number of amides is 1. The van der Waals surface area contributed by atoms with E-state index in [1.165, 1.54) is 10.9 Å². The van der Waals surface area contributed by atoms with Crippen molar-refractivity contribution in [2.75, 3.05) is 13.1 Å². The maximum Gasteiger partial charge on any atom is 0.297 e. The number of carbonyl (C=O) groups is 1. The Kier molecular flexibility index (Phi) is 3.78. The van der Waals surface area contributed by atoms with Gasteiger partial charge in [-0.25, -0.2) is 9.97 Å². The van der Waals surface area contributed by atoms with Crippen molar-refractivity contribution in [2.45, 2.75) is 39.7 Å². The maximum absolute atomic E-state index is 12.7. The number of hydrogen-bond donors (Lipinski definition) is 0. The summed E-state index contributed by atoms with van der Waals surface area (Å²) < 4.78 is 7.00. The number of likely N-dealkylation sites (tertiary alicyclic amines) is 1. The van der Waals surface area contributed by atoms with Crippen molar-refractivity contribution in [3.63, 3.8) is 0 Å². The maximum atomic E-state index is 12.7. The van der Waals surface area contributed by atoms with Crippen molar-refractivity contribution in [3.05, 3.63) is 34.0 Å². The van der Waals surface area contributed by atoms with Gasteiger partial charge in [-0.15, -0.1) is 0 Å². The highest BCUT2D eigenvalue weighted by Crippen LogP contribution is 2.26. The average molecular weight is 340 g/mol. The lowest BCUT2D eigenvalue weighted by Gasteiger charge is -2.26. The second-order valence-electron chi connectivity index (χ2n) is 6.66. The zero-order chi connectivity index (χ0) is 17.6. The smallest absolute Gasteiger partial charge is 0.297 e. The van der Waals surface area contributed by atoms with Gasteiger partial charge in [-0.3, -0.25) is 14.2 Å². The summed E-state index contributed by atoms with van der Waals surface area (Å²) in [6.45, 7) is 5.33. The van der Waals surface area contributed by atoms with Crippen LogP contribution in [-0.4, -0.2) is 38.4 Å². The minimum absolute atomic E-state index is 0.00967. The molecule has 0 aromatic carbocycles. The van der Waals surface area contributed by atoms with Gasteiger partial charge in [-0.05, 0) is 44.7 Å². The lowest BCUT2D eigenvalue weighted by atomic mass is 10.1. The second-order valence-corrected chi connectivity index (χ2v) is 6.66. The Hall–Kier alpha value is -2.70. The molecule has 25 heavy (non-hydrogen) atoms. The molecule has 0 saturated carbocycles. The zero-order valence-corrected chi connectivity index (χ0v) is 14.4. The predicted octanol–water partition coefficient (Wildman–Crippen LogP) is 2.17. The van der Waals surface area contributed by atoms with E-state index in [1.54, 1.807) is 0 Å². The van der Waals surface area contributed by atoms with Crippen molar-refractivity contribution in [2.24, 2.45) is 0 Å². The molecule has 130 valence electrons. The van der Waals surface area contributed by atoms with Crippen LogP contribution in [-0.2, 0) is 11.3 Å². The lowest BCUT2D eigenvalue weighted by Crippen LogP contribution is -2.39. The zero-order valence-electron chi connectivity index (χ0n) is 14.4. The number of piperidine rings is 1. The third-order valence-corrected chi connectivity index (χ3v) is 4.76. The van der Waals surface area contributed by atoms with Crippen LogP contribution in [0.15, 0.2) is 21.6 Å². The van der Waals surface area contributed by atoms with E-state index >= 15 is 0 Å². The molecule has 0 bridgehead atoms. The number of carbonyl (C=O) groups excluding carboxylic acids is 1. The summed E-state index contributed by atoms with van der Waals surface area (Å²) in [5, 5.41) is 0.757. The topological polar surface area (TPSA) is 81.2 Å². The summed E-state index contributed by atoms with van der Waals surface area (Å²) in [6, 6.07) is 1.93. The molecular formula is C18H20N4O3. The van der Waals surface area contributed by atoms with Gasteiger partial charge < -0.3 is 9.32 Å². The van der Waals surface area contributed by atoms with E-state index < -0.39 is 0 Å². The number of pyridine rings is 1. The summed E-state index contributed by atoms with van der Waals surface area (Å²) in [7, 11) is 0. The van der Waals surface area contributed by atoms with Crippen molar-refractivity contribution in [1.82, 2.24) is 19.4 Å². The molecule has 4 rings (SSSR count). The summed E-state index contributed by atoms with van der Waals surface area (Å²) in [4.78, 5) is 35.7. The van der Waals surface area contributed by atoms with Crippen LogP contribution in [0.25, 0.3) is 22.2 Å². The summed E-state index contributed by atoms with van der Waals surface area (Å²) in [5.74, 6) is -0.0517. The number of aryl methyl sites for hydroxylation is 2. The van der Waals surface area contributed by atoms with E-state index in [0.29, 0.717) is 11.2 Å². The quantitative estimate of drug-likeness (QED) is 0.714. The fraction of sp³-hybridized carbons (Fsp3) is 0.444. The molecule has 7 heteroatoms. The summed E-state index contributed by atoms with van der Waals surface area (Å²) in [5.41, 5.74) is 2.53. The molecule has 1 aliphatic heterocycles. The first-order valence-electron chi connectivity index (χ1n) is 8.58. The van der Waals surface area contributed by atoms with Crippen LogP contribution in [0.2, 0.25) is 0 Å². The van der Waals surface area contributed by atoms with Crippen LogP contribution >= 0.6 is 0 Å². The van der Waals surface area contributed by atoms with Gasteiger partial charge in [0, 0.05) is 18.8 Å². The Morgan fingerprint density at radius 3 is 2.76 bits per heavy atom. The highest BCUT2D eigenvalue weighted by molar-refractivity contribution is 6.02. The molecule has 0 aliphatic carbocycles. The van der Waals surface area contributed by atoms with Gasteiger partial charge in [-0.2, -0.15) is 0 Å². The molecule has 1 fully saturated rings. The molecule has 3 aromatic heterocycles. The predicted molar refractivity (Wildman–Crippen MR) is 93.5 cm³/mol. The molecule has 0 N–H and O–H groups in total. The van der Waals surface area contributed by atoms with Gasteiger partial charge >= 0.3 is 0 Å². The van der Waals surface area contributed by atoms with Crippen LogP contribution in [0.3, 0.4) is 0 Å². The minimum Gasteiger partial charge on any atom is -0.430 e. The Labute approximate surface area is 144 Å². The first-order valence-corrected chi connectivity index (χ1v) is 8.58. The molecule has 0 atom stereocenters. The van der Waals surface area contributed by atoms with E-state index in [9.17, 15) is 9.59 Å². The highest BCUT2D eigenvalue weighted by Gasteiger charge is 2.20. The Balaban J connectivity index is 1.75. The van der Waals surface area contributed by atoms with Crippen molar-refractivity contribution in [3.8, 4) is 0 Å². The SMILES string of the molecule is Cc1cc(C)c2c(n1)oc1c(=O)n(CC(=O)N3CCCCC3)cnc12. The third kappa shape index (κ3) is 2.69. The normalized spacial score (nSPS) is 15.2. The van der Waals surface area contributed by atoms with Crippen LogP contribution in [0.1, 0.15) is 30.5 Å². The molecular weight excluding hydrogens is 320 g/mol. The Morgan fingerprint density at radius 1 is 1.24 bits per heavy atom. The largest absolute Gasteiger partial charge is 0.430 e. The number of nitrogens with zero attached hydrogens (tertiary/aromatic N) is 4. The highest BCUT2D eigenvalue weighted by atomic mass is 16.3. The molecule has 0 spiro atoms. The lowest BCUT2D eigenvalue weighted by molar-refractivity contribution is -0.132. The fourth-order valence-electron chi connectivity index (χ4n) is 3.50. The second kappa shape index (κ2) is 5.98. The summed E-state index contributed by atoms with van der Waals surface area (Å²) in [6.07, 6.45) is 4.63. The van der Waals surface area contributed by atoms with Crippen LogP contribution in [0.5, 0.6) is 0 Å². The van der Waals surface area contributed by atoms with Gasteiger partial charge in [0.25, 0.3) is 5.56 Å². The number of aromatic nitrogens is 3. The first kappa shape index (κ1) is 15.8. The van der Waals surface area contributed by atoms with E-state index in [1.807, 2.05) is 24.8 Å². The number of hydrogen-bond acceptors (Lipinski definition) is 5. The van der Waals surface area contributed by atoms with E-state index in [4.69, 9.17) is 4.42 Å². The van der Waals surface area contributed by atoms with Crippen LogP contribution in [0, 0.1) is 13.8 Å². The molecule has 0 unspecified atom stereocenters. The fourth-order valence-corrected chi connectivity index (χ4v) is 3.50. The van der Waals surface area contributed by atoms with E-state index in [2.05, 4.69) is 9.97 Å². The molecule has 7 nitrogen and oxygen atoms in total. The number of fused-ring (bicyclic) bond motifs is 3. The molecule has 4 heterocycles. The standard InChI is InChI=1S/C18H20N4O3/c1-11-8-12(2)20-17-14(11)15-16(25-17)18(24)22(10-19-15)9-13(23)21-6-4-3-5-7-21/h8,10H,3-7,9H2,1-2H3. The van der Waals surface area contributed by atoms with Gasteiger partial charge in [0.15, 0.2) is 0 Å². The first-order chi connectivity index (χ1) is 12.0. The van der Waals surface area contributed by atoms with Crippen LogP contribution < -0.4 is 5.56 Å². The average Bonchev–Trinajstić information content (AvgIpc) is 2.97. The molecule has 1 saturated heterocycles. The van der Waals surface area contributed by atoms with Crippen molar-refractivity contribution >= 4 is 28.1 Å². The monoisotopic (exact) mass is 340 g/mol. The van der Waals surface area contributed by atoms with Crippen LogP contribution in [0.4, 0.5) is 0 Å². The molecule has 1 aliphatic rings. The molecule has 3 aromatic rings.